The fraction of sp³-hybridized carbons (Fsp3) is 0.375. The van der Waals surface area contributed by atoms with Crippen molar-refractivity contribution < 1.29 is 18.6 Å². The van der Waals surface area contributed by atoms with Crippen molar-refractivity contribution in [3.8, 4) is 5.88 Å². The number of aliphatic hydroxyl groups excluding tert-OH is 1. The molecule has 0 aliphatic rings. The van der Waals surface area contributed by atoms with Crippen molar-refractivity contribution in [2.45, 2.75) is 13.0 Å². The van der Waals surface area contributed by atoms with E-state index in [4.69, 9.17) is 9.84 Å². The van der Waals surface area contributed by atoms with Gasteiger partial charge in [0.2, 0.25) is 5.88 Å². The first-order valence-electron chi connectivity index (χ1n) is 3.72. The molecule has 1 aromatic heterocycles. The molecule has 78 valence electrons. The van der Waals surface area contributed by atoms with Crippen LogP contribution in [0.5, 0.6) is 5.88 Å². The molecule has 1 N–H and O–H groups in total. The molecular formula is C8H8BrF2NO2. The average Bonchev–Trinajstić information content (AvgIpc) is 2.17. The van der Waals surface area contributed by atoms with Crippen LogP contribution in [0, 0.1) is 0 Å². The summed E-state index contributed by atoms with van der Waals surface area (Å²) < 4.78 is 29.7. The molecule has 6 heteroatoms. The first-order chi connectivity index (χ1) is 6.60. The maximum absolute atomic E-state index is 12.4. The first kappa shape index (κ1) is 11.3. The predicted molar refractivity (Wildman–Crippen MR) is 49.4 cm³/mol. The zero-order chi connectivity index (χ0) is 10.7. The number of halogens is 3. The second kappa shape index (κ2) is 4.65. The Balaban J connectivity index is 3.27. The Morgan fingerprint density at radius 3 is 2.71 bits per heavy atom. The summed E-state index contributed by atoms with van der Waals surface area (Å²) in [6, 6.07) is 1.40. The molecule has 0 fully saturated rings. The molecule has 14 heavy (non-hydrogen) atoms. The summed E-state index contributed by atoms with van der Waals surface area (Å²) >= 11 is 2.95. The number of pyridine rings is 1. The lowest BCUT2D eigenvalue weighted by Crippen LogP contribution is -2.00. The molecule has 0 amide bonds. The topological polar surface area (TPSA) is 42.4 Å². The lowest BCUT2D eigenvalue weighted by Gasteiger charge is -2.09. The molecule has 0 unspecified atom stereocenters. The Morgan fingerprint density at radius 2 is 2.29 bits per heavy atom. The molecule has 3 nitrogen and oxygen atoms in total. The van der Waals surface area contributed by atoms with Crippen LogP contribution in [0.4, 0.5) is 8.78 Å². The molecule has 1 aromatic rings. The fourth-order valence-corrected chi connectivity index (χ4v) is 1.44. The van der Waals surface area contributed by atoms with Gasteiger partial charge in [-0.3, -0.25) is 0 Å². The minimum Gasteiger partial charge on any atom is -0.481 e. The number of hydrogen-bond donors (Lipinski definition) is 1. The van der Waals surface area contributed by atoms with Gasteiger partial charge < -0.3 is 9.84 Å². The number of ether oxygens (including phenoxy) is 1. The van der Waals surface area contributed by atoms with E-state index < -0.39 is 12.1 Å². The zero-order valence-electron chi connectivity index (χ0n) is 7.30. The van der Waals surface area contributed by atoms with E-state index in [1.165, 1.54) is 13.2 Å². The number of rotatable bonds is 3. The van der Waals surface area contributed by atoms with E-state index >= 15 is 0 Å². The van der Waals surface area contributed by atoms with Gasteiger partial charge in [0.25, 0.3) is 6.43 Å². The van der Waals surface area contributed by atoms with Crippen LogP contribution in [-0.2, 0) is 6.61 Å². The van der Waals surface area contributed by atoms with Gasteiger partial charge in [0.05, 0.1) is 18.2 Å². The fourth-order valence-electron chi connectivity index (χ4n) is 0.941. The third-order valence-electron chi connectivity index (χ3n) is 1.62. The van der Waals surface area contributed by atoms with Crippen LogP contribution in [0.2, 0.25) is 0 Å². The number of methoxy groups -OCH3 is 1. The summed E-state index contributed by atoms with van der Waals surface area (Å²) in [6.45, 7) is -0.348. The summed E-state index contributed by atoms with van der Waals surface area (Å²) in [5.74, 6) is 0.0625. The highest BCUT2D eigenvalue weighted by Crippen LogP contribution is 2.31. The third-order valence-corrected chi connectivity index (χ3v) is 2.54. The van der Waals surface area contributed by atoms with Gasteiger partial charge >= 0.3 is 0 Å². The second-order valence-corrected chi connectivity index (χ2v) is 3.27. The molecule has 1 heterocycles. The summed E-state index contributed by atoms with van der Waals surface area (Å²) in [5, 5.41) is 8.89. The molecule has 0 aliphatic carbocycles. The Morgan fingerprint density at radius 1 is 1.64 bits per heavy atom. The number of aromatic nitrogens is 1. The van der Waals surface area contributed by atoms with Crippen molar-refractivity contribution >= 4 is 15.9 Å². The summed E-state index contributed by atoms with van der Waals surface area (Å²) in [6.07, 6.45) is -2.70. The van der Waals surface area contributed by atoms with Gasteiger partial charge in [0.15, 0.2) is 0 Å². The van der Waals surface area contributed by atoms with Gasteiger partial charge in [-0.2, -0.15) is 0 Å². The minimum absolute atomic E-state index is 0.0625. The molecule has 0 bridgehead atoms. The van der Waals surface area contributed by atoms with Gasteiger partial charge in [-0.05, 0) is 21.5 Å². The highest BCUT2D eigenvalue weighted by Gasteiger charge is 2.18. The van der Waals surface area contributed by atoms with Crippen molar-refractivity contribution in [1.29, 1.82) is 0 Å². The SMILES string of the molecule is COc1cc(CO)c(Br)c(C(F)F)n1. The molecule has 0 saturated carbocycles. The van der Waals surface area contributed by atoms with Crippen LogP contribution in [0.25, 0.3) is 0 Å². The van der Waals surface area contributed by atoms with Crippen molar-refractivity contribution in [3.05, 3.63) is 21.8 Å². The van der Waals surface area contributed by atoms with Crippen LogP contribution in [0.15, 0.2) is 10.5 Å². The van der Waals surface area contributed by atoms with E-state index in [2.05, 4.69) is 20.9 Å². The molecular weight excluding hydrogens is 260 g/mol. The summed E-state index contributed by atoms with van der Waals surface area (Å²) in [4.78, 5) is 3.57. The Bertz CT molecular complexity index is 333. The van der Waals surface area contributed by atoms with Crippen LogP contribution < -0.4 is 4.74 Å². The number of aliphatic hydroxyl groups is 1. The van der Waals surface area contributed by atoms with Crippen molar-refractivity contribution in [2.75, 3.05) is 7.11 Å². The quantitative estimate of drug-likeness (QED) is 0.914. The monoisotopic (exact) mass is 267 g/mol. The van der Waals surface area contributed by atoms with E-state index in [9.17, 15) is 8.78 Å². The Kier molecular flexibility index (Phi) is 3.77. The first-order valence-corrected chi connectivity index (χ1v) is 4.51. The number of nitrogens with zero attached hydrogens (tertiary/aromatic N) is 1. The summed E-state index contributed by atoms with van der Waals surface area (Å²) in [5.41, 5.74) is -0.0967. The van der Waals surface area contributed by atoms with Crippen molar-refractivity contribution in [2.24, 2.45) is 0 Å². The second-order valence-electron chi connectivity index (χ2n) is 2.48. The van der Waals surface area contributed by atoms with E-state index in [1.807, 2.05) is 0 Å². The molecule has 1 rings (SSSR count). The average molecular weight is 268 g/mol. The predicted octanol–water partition coefficient (Wildman–Crippen LogP) is 2.28. The molecule has 0 aromatic carbocycles. The number of hydrogen-bond acceptors (Lipinski definition) is 3. The maximum Gasteiger partial charge on any atom is 0.281 e. The molecule has 0 saturated heterocycles. The van der Waals surface area contributed by atoms with Gasteiger partial charge in [-0.15, -0.1) is 0 Å². The van der Waals surface area contributed by atoms with E-state index in [1.54, 1.807) is 0 Å². The standard InChI is InChI=1S/C8H8BrF2NO2/c1-14-5-2-4(3-13)6(9)7(12-5)8(10)11/h2,8,13H,3H2,1H3. The van der Waals surface area contributed by atoms with Gasteiger partial charge in [0.1, 0.15) is 5.69 Å². The van der Waals surface area contributed by atoms with Gasteiger partial charge in [-0.25, -0.2) is 13.8 Å². The molecule has 0 aliphatic heterocycles. The van der Waals surface area contributed by atoms with Gasteiger partial charge in [0, 0.05) is 6.07 Å². The van der Waals surface area contributed by atoms with Crippen LogP contribution in [0.1, 0.15) is 17.7 Å². The highest BCUT2D eigenvalue weighted by atomic mass is 79.9. The third kappa shape index (κ3) is 2.19. The van der Waals surface area contributed by atoms with Crippen molar-refractivity contribution in [1.82, 2.24) is 4.98 Å². The van der Waals surface area contributed by atoms with Crippen LogP contribution in [0.3, 0.4) is 0 Å². The maximum atomic E-state index is 12.4. The minimum atomic E-state index is -2.70. The Labute approximate surface area is 87.9 Å². The molecule has 0 atom stereocenters. The lowest BCUT2D eigenvalue weighted by molar-refractivity contribution is 0.143. The largest absolute Gasteiger partial charge is 0.481 e. The summed E-state index contributed by atoms with van der Waals surface area (Å²) in [7, 11) is 1.33. The smallest absolute Gasteiger partial charge is 0.281 e. The van der Waals surface area contributed by atoms with Crippen LogP contribution >= 0.6 is 15.9 Å². The van der Waals surface area contributed by atoms with Gasteiger partial charge in [-0.1, -0.05) is 0 Å². The van der Waals surface area contributed by atoms with E-state index in [0.29, 0.717) is 5.56 Å². The van der Waals surface area contributed by atoms with Crippen molar-refractivity contribution in [3.63, 3.8) is 0 Å². The Hall–Kier alpha value is -0.750. The van der Waals surface area contributed by atoms with E-state index in [-0.39, 0.29) is 17.0 Å². The number of alkyl halides is 2. The zero-order valence-corrected chi connectivity index (χ0v) is 8.88. The van der Waals surface area contributed by atoms with E-state index in [0.717, 1.165) is 0 Å². The highest BCUT2D eigenvalue weighted by molar-refractivity contribution is 9.10. The molecule has 0 radical (unpaired) electrons. The normalized spacial score (nSPS) is 10.7. The molecule has 0 spiro atoms. The van der Waals surface area contributed by atoms with Crippen LogP contribution in [-0.4, -0.2) is 17.2 Å². The lowest BCUT2D eigenvalue weighted by atomic mass is 10.2.